The third-order valence-corrected chi connectivity index (χ3v) is 0.645. The van der Waals surface area contributed by atoms with Gasteiger partial charge >= 0.3 is 51.4 Å². The fraction of sp³-hybridized carbons (Fsp3) is 0. The van der Waals surface area contributed by atoms with Gasteiger partial charge in [0.05, 0.1) is 0 Å². The van der Waals surface area contributed by atoms with Crippen LogP contribution in [0.25, 0.3) is 0 Å². The predicted octanol–water partition coefficient (Wildman–Crippen LogP) is -4.80. The summed E-state index contributed by atoms with van der Waals surface area (Å²) >= 11 is 0. The Morgan fingerprint density at radius 1 is 1.20 bits per heavy atom. The summed E-state index contributed by atoms with van der Waals surface area (Å²) < 4.78 is 0. The number of hydrogen-bond donors (Lipinski definition) is 0. The van der Waals surface area contributed by atoms with Gasteiger partial charge in [-0.3, -0.25) is 14.4 Å². The summed E-state index contributed by atoms with van der Waals surface area (Å²) in [5, 5.41) is 9.69. The van der Waals surface area contributed by atoms with Crippen molar-refractivity contribution in [3.05, 3.63) is 11.8 Å². The molecule has 4 nitrogen and oxygen atoms in total. The zero-order valence-corrected chi connectivity index (χ0v) is 8.49. The predicted molar refractivity (Wildman–Crippen MR) is 25.2 cm³/mol. The Morgan fingerprint density at radius 3 is 1.80 bits per heavy atom. The molecule has 0 bridgehead atoms. The maximum Gasteiger partial charge on any atom is 1.00 e. The summed E-state index contributed by atoms with van der Waals surface area (Å²) in [6.07, 6.45) is 0.00556. The molecule has 0 heterocycles. The normalized spacial score (nSPS) is 9.40. The Balaban J connectivity index is 0. The van der Waals surface area contributed by atoms with Gasteiger partial charge in [0.2, 0.25) is 5.78 Å². The number of hydrogen-bond acceptors (Lipinski definition) is 4. The van der Waals surface area contributed by atoms with Crippen LogP contribution in [-0.2, 0) is 14.4 Å². The zero-order chi connectivity index (χ0) is 7.28. The van der Waals surface area contributed by atoms with Crippen LogP contribution in [0.3, 0.4) is 0 Å². The Kier molecular flexibility index (Phi) is 9.36. The topological polar surface area (TPSA) is 74.3 Å². The molecule has 0 unspecified atom stereocenters. The fourth-order valence-electron chi connectivity index (χ4n) is 0.212. The summed E-state index contributed by atoms with van der Waals surface area (Å²) in [5.74, 6) is -1.08. The van der Waals surface area contributed by atoms with Crippen molar-refractivity contribution in [2.75, 3.05) is 0 Å². The van der Waals surface area contributed by atoms with Gasteiger partial charge in [0.15, 0.2) is 12.6 Å². The Hall–Kier alpha value is 0.186. The molecule has 48 valence electrons. The molecule has 0 saturated carbocycles. The van der Waals surface area contributed by atoms with Gasteiger partial charge in [-0.1, -0.05) is 0 Å². The third kappa shape index (κ3) is 4.07. The van der Waals surface area contributed by atoms with E-state index >= 15 is 0 Å². The van der Waals surface area contributed by atoms with E-state index in [4.69, 9.17) is 0 Å². The van der Waals surface area contributed by atoms with E-state index in [0.717, 1.165) is 0 Å². The van der Waals surface area contributed by atoms with Gasteiger partial charge in [0.25, 0.3) is 0 Å². The van der Waals surface area contributed by atoms with Crippen LogP contribution in [0.5, 0.6) is 0 Å². The van der Waals surface area contributed by atoms with Crippen LogP contribution in [0.1, 0.15) is 0 Å². The smallest absolute Gasteiger partial charge is 0.877 e. The Labute approximate surface area is 99.7 Å². The molecule has 10 heavy (non-hydrogen) atoms. The molecule has 0 fully saturated rings. The van der Waals surface area contributed by atoms with Crippen molar-refractivity contribution in [1.82, 2.24) is 0 Å². The second kappa shape index (κ2) is 7.30. The molecule has 0 aliphatic heterocycles. The SMILES string of the molecule is O=CC(=O)/C(C=O)=C/[O-].[K+]. The fourth-order valence-corrected chi connectivity index (χ4v) is 0.212. The van der Waals surface area contributed by atoms with Gasteiger partial charge in [0, 0.05) is 5.57 Å². The summed E-state index contributed by atoms with van der Waals surface area (Å²) in [5.41, 5.74) is -0.648. The van der Waals surface area contributed by atoms with Crippen molar-refractivity contribution >= 4 is 18.4 Å². The summed E-state index contributed by atoms with van der Waals surface area (Å²) in [7, 11) is 0. The summed E-state index contributed by atoms with van der Waals surface area (Å²) in [6, 6.07) is 0. The number of rotatable bonds is 3. The molecule has 0 radical (unpaired) electrons. The first-order valence-electron chi connectivity index (χ1n) is 2.03. The minimum Gasteiger partial charge on any atom is -0.877 e. The molecule has 0 aromatic rings. The standard InChI is InChI=1S/C5H4O4.K/c6-1-4(2-7)5(9)3-8;/h1-3,6H;/q;+1/p-1/b4-1+;. The minimum absolute atomic E-state index is 0. The number of carbonyl (C=O) groups excluding carboxylic acids is 3. The quantitative estimate of drug-likeness (QED) is 0.0802. The minimum atomic E-state index is -1.08. The maximum atomic E-state index is 10.1. The van der Waals surface area contributed by atoms with Crippen molar-refractivity contribution in [3.8, 4) is 0 Å². The van der Waals surface area contributed by atoms with Crippen LogP contribution in [0, 0.1) is 0 Å². The van der Waals surface area contributed by atoms with E-state index in [1.807, 2.05) is 0 Å². The van der Waals surface area contributed by atoms with Crippen molar-refractivity contribution in [2.24, 2.45) is 0 Å². The van der Waals surface area contributed by atoms with E-state index in [-0.39, 0.29) is 70.2 Å². The van der Waals surface area contributed by atoms with Crippen LogP contribution in [0.15, 0.2) is 11.8 Å². The molecule has 0 aliphatic rings. The van der Waals surface area contributed by atoms with Crippen molar-refractivity contribution < 1.29 is 70.9 Å². The Bertz CT molecular complexity index is 172. The van der Waals surface area contributed by atoms with Crippen LogP contribution in [0.4, 0.5) is 0 Å². The van der Waals surface area contributed by atoms with Gasteiger partial charge in [-0.15, -0.1) is 6.26 Å². The summed E-state index contributed by atoms with van der Waals surface area (Å²) in [4.78, 5) is 29.4. The number of aldehydes is 2. The van der Waals surface area contributed by atoms with Crippen LogP contribution in [0.2, 0.25) is 0 Å². The molecular weight excluding hydrogens is 163 g/mol. The Morgan fingerprint density at radius 2 is 1.70 bits per heavy atom. The monoisotopic (exact) mass is 166 g/mol. The van der Waals surface area contributed by atoms with E-state index in [2.05, 4.69) is 0 Å². The molecule has 0 aromatic carbocycles. The van der Waals surface area contributed by atoms with Crippen LogP contribution in [-0.4, -0.2) is 18.4 Å². The van der Waals surface area contributed by atoms with Gasteiger partial charge in [-0.25, -0.2) is 0 Å². The molecule has 0 N–H and O–H groups in total. The largest absolute Gasteiger partial charge is 1.00 e. The molecule has 0 saturated heterocycles. The average Bonchev–Trinajstić information content (AvgIpc) is 1.90. The van der Waals surface area contributed by atoms with Gasteiger partial charge in [0.1, 0.15) is 0 Å². The molecule has 0 atom stereocenters. The number of Topliss-reactive ketones (excluding diaryl/α,β-unsaturated/α-hetero) is 1. The molecule has 0 spiro atoms. The van der Waals surface area contributed by atoms with Crippen molar-refractivity contribution in [2.45, 2.75) is 0 Å². The zero-order valence-electron chi connectivity index (χ0n) is 5.37. The van der Waals surface area contributed by atoms with Gasteiger partial charge < -0.3 is 5.11 Å². The molecule has 5 heteroatoms. The van der Waals surface area contributed by atoms with Gasteiger partial charge in [-0.2, -0.15) is 0 Å². The van der Waals surface area contributed by atoms with E-state index in [0.29, 0.717) is 0 Å². The molecule has 0 rings (SSSR count). The van der Waals surface area contributed by atoms with E-state index < -0.39 is 11.4 Å². The van der Waals surface area contributed by atoms with Gasteiger partial charge in [-0.05, 0) is 0 Å². The molecule has 0 amide bonds. The molecule has 0 aromatic heterocycles. The van der Waals surface area contributed by atoms with E-state index in [1.54, 1.807) is 0 Å². The van der Waals surface area contributed by atoms with E-state index in [1.165, 1.54) is 0 Å². The first-order valence-corrected chi connectivity index (χ1v) is 2.03. The van der Waals surface area contributed by atoms with Crippen LogP contribution >= 0.6 is 0 Å². The second-order valence-corrected chi connectivity index (χ2v) is 1.17. The maximum absolute atomic E-state index is 10.1. The first kappa shape index (κ1) is 12.8. The van der Waals surface area contributed by atoms with Crippen molar-refractivity contribution in [1.29, 1.82) is 0 Å². The first-order chi connectivity index (χ1) is 4.26. The third-order valence-electron chi connectivity index (χ3n) is 0.645. The van der Waals surface area contributed by atoms with Crippen molar-refractivity contribution in [3.63, 3.8) is 0 Å². The second-order valence-electron chi connectivity index (χ2n) is 1.17. The number of ketones is 1. The molecule has 0 aliphatic carbocycles. The average molecular weight is 166 g/mol. The van der Waals surface area contributed by atoms with E-state index in [9.17, 15) is 19.5 Å². The summed E-state index contributed by atoms with van der Waals surface area (Å²) in [6.45, 7) is 0. The number of allylic oxidation sites excluding steroid dienone is 1. The van der Waals surface area contributed by atoms with Crippen LogP contribution < -0.4 is 56.5 Å². The molecular formula is C5H3KO4. The number of carbonyl (C=O) groups is 3.